The van der Waals surface area contributed by atoms with Gasteiger partial charge in [-0.1, -0.05) is 139 Å². The van der Waals surface area contributed by atoms with E-state index in [9.17, 15) is 0 Å². The van der Waals surface area contributed by atoms with Crippen LogP contribution >= 0.6 is 11.8 Å². The molecule has 216 valence electrons. The molecular weight excluding hydrogens is 567 g/mol. The number of benzene rings is 7. The number of fused-ring (bicyclic) bond motifs is 6. The normalized spacial score (nSPS) is 19.2. The van der Waals surface area contributed by atoms with Gasteiger partial charge in [0.15, 0.2) is 0 Å². The predicted octanol–water partition coefficient (Wildman–Crippen LogP) is 10.3. The topological polar surface area (TPSA) is 36.1 Å². The zero-order chi connectivity index (χ0) is 29.7. The Morgan fingerprint density at radius 3 is 2.07 bits per heavy atom. The van der Waals surface area contributed by atoms with Crippen LogP contribution in [0.2, 0.25) is 0 Å². The monoisotopic (exact) mass is 597 g/mol. The Balaban J connectivity index is 1.08. The maximum atomic E-state index is 3.91. The van der Waals surface area contributed by atoms with Gasteiger partial charge in [0.1, 0.15) is 11.5 Å². The number of nitrogens with one attached hydrogen (secondary N) is 3. The standard InChI is InChI=1S/C41H31N3S/c1-3-10-27(11-4-1)35-25-36(28-12-5-2-6-13-28)43-40(42-35)32-19-21-34-31(24-32)17-16-29-20-22-37-39(38(29)34)44-41(45-37)33-18-15-26-9-7-8-14-30(26)23-33/h1-25,35,40-44H. The van der Waals surface area contributed by atoms with Gasteiger partial charge in [-0.2, -0.15) is 0 Å². The molecule has 0 amide bonds. The van der Waals surface area contributed by atoms with Crippen molar-refractivity contribution in [2.24, 2.45) is 0 Å². The largest absolute Gasteiger partial charge is 0.368 e. The summed E-state index contributed by atoms with van der Waals surface area (Å²) in [7, 11) is 0. The van der Waals surface area contributed by atoms with Crippen molar-refractivity contribution in [1.82, 2.24) is 10.6 Å². The second-order valence-electron chi connectivity index (χ2n) is 11.9. The van der Waals surface area contributed by atoms with E-state index in [-0.39, 0.29) is 17.6 Å². The third kappa shape index (κ3) is 4.74. The van der Waals surface area contributed by atoms with Crippen molar-refractivity contribution < 1.29 is 0 Å². The smallest absolute Gasteiger partial charge is 0.104 e. The van der Waals surface area contributed by atoms with Gasteiger partial charge in [0, 0.05) is 16.0 Å². The molecule has 0 aliphatic carbocycles. The van der Waals surface area contributed by atoms with Crippen molar-refractivity contribution in [2.45, 2.75) is 22.5 Å². The molecule has 3 unspecified atom stereocenters. The van der Waals surface area contributed by atoms with E-state index >= 15 is 0 Å². The summed E-state index contributed by atoms with van der Waals surface area (Å²) in [5.41, 5.74) is 7.34. The molecule has 0 spiro atoms. The molecule has 0 aromatic heterocycles. The number of hydrogen-bond donors (Lipinski definition) is 3. The van der Waals surface area contributed by atoms with Gasteiger partial charge in [-0.15, -0.1) is 0 Å². The minimum Gasteiger partial charge on any atom is -0.368 e. The third-order valence-electron chi connectivity index (χ3n) is 9.14. The van der Waals surface area contributed by atoms with E-state index in [1.807, 2.05) is 11.8 Å². The van der Waals surface area contributed by atoms with Crippen LogP contribution in [-0.4, -0.2) is 0 Å². The average Bonchev–Trinajstić information content (AvgIpc) is 3.56. The first-order valence-electron chi connectivity index (χ1n) is 15.5. The Morgan fingerprint density at radius 2 is 1.20 bits per heavy atom. The fraction of sp³-hybridized carbons (Fsp3) is 0.0732. The van der Waals surface area contributed by atoms with Gasteiger partial charge in [0.25, 0.3) is 0 Å². The molecule has 0 saturated carbocycles. The fourth-order valence-corrected chi connectivity index (χ4v) is 7.99. The molecule has 7 aromatic carbocycles. The van der Waals surface area contributed by atoms with Crippen LogP contribution in [0.25, 0.3) is 38.0 Å². The van der Waals surface area contributed by atoms with Gasteiger partial charge < -0.3 is 10.6 Å². The van der Waals surface area contributed by atoms with E-state index in [4.69, 9.17) is 0 Å². The maximum absolute atomic E-state index is 3.91. The SMILES string of the molecule is C1=C(c2ccccc2)NC(c2ccc3c(ccc4ccc5c(c43)NC(c3ccc4ccccc4c3)S5)c2)NC1c1ccccc1. The molecule has 7 aromatic rings. The van der Waals surface area contributed by atoms with Gasteiger partial charge in [-0.3, -0.25) is 5.32 Å². The highest BCUT2D eigenvalue weighted by atomic mass is 32.2. The average molecular weight is 598 g/mol. The van der Waals surface area contributed by atoms with Crippen molar-refractivity contribution in [2.75, 3.05) is 5.32 Å². The summed E-state index contributed by atoms with van der Waals surface area (Å²) in [4.78, 5) is 1.30. The Kier molecular flexibility index (Phi) is 6.36. The molecule has 4 heteroatoms. The summed E-state index contributed by atoms with van der Waals surface area (Å²) < 4.78 is 0. The summed E-state index contributed by atoms with van der Waals surface area (Å²) in [6.07, 6.45) is 2.26. The molecule has 2 heterocycles. The van der Waals surface area contributed by atoms with Gasteiger partial charge in [0.2, 0.25) is 0 Å². The molecule has 0 bridgehead atoms. The highest BCUT2D eigenvalue weighted by Crippen LogP contribution is 2.51. The molecule has 9 rings (SSSR count). The first kappa shape index (κ1) is 26.4. The minimum absolute atomic E-state index is 0.0389. The van der Waals surface area contributed by atoms with E-state index < -0.39 is 0 Å². The van der Waals surface area contributed by atoms with Crippen LogP contribution in [0.5, 0.6) is 0 Å². The van der Waals surface area contributed by atoms with E-state index in [2.05, 4.69) is 168 Å². The van der Waals surface area contributed by atoms with Crippen LogP contribution in [-0.2, 0) is 0 Å². The van der Waals surface area contributed by atoms with Crippen LogP contribution < -0.4 is 16.0 Å². The summed E-state index contributed by atoms with van der Waals surface area (Å²) in [5, 5.41) is 19.4. The molecule has 3 N–H and O–H groups in total. The second kappa shape index (κ2) is 10.8. The van der Waals surface area contributed by atoms with Crippen molar-refractivity contribution in [3.05, 3.63) is 174 Å². The molecule has 2 aliphatic rings. The lowest BCUT2D eigenvalue weighted by Crippen LogP contribution is -2.39. The number of hydrogen-bond acceptors (Lipinski definition) is 4. The molecule has 3 atom stereocenters. The number of anilines is 1. The summed E-state index contributed by atoms with van der Waals surface area (Å²) in [5.74, 6) is 0. The lowest BCUT2D eigenvalue weighted by molar-refractivity contribution is 0.443. The maximum Gasteiger partial charge on any atom is 0.104 e. The summed E-state index contributed by atoms with van der Waals surface area (Å²) in [6, 6.07) is 52.8. The highest BCUT2D eigenvalue weighted by Gasteiger charge is 2.27. The van der Waals surface area contributed by atoms with E-state index in [1.165, 1.54) is 65.2 Å². The predicted molar refractivity (Wildman–Crippen MR) is 190 cm³/mol. The summed E-state index contributed by atoms with van der Waals surface area (Å²) in [6.45, 7) is 0. The lowest BCUT2D eigenvalue weighted by atomic mass is 9.95. The molecule has 45 heavy (non-hydrogen) atoms. The van der Waals surface area contributed by atoms with Crippen molar-refractivity contribution in [1.29, 1.82) is 0 Å². The van der Waals surface area contributed by atoms with Gasteiger partial charge in [-0.05, 0) is 73.5 Å². The fourth-order valence-electron chi connectivity index (χ4n) is 6.86. The molecule has 0 fully saturated rings. The van der Waals surface area contributed by atoms with Crippen molar-refractivity contribution in [3.63, 3.8) is 0 Å². The van der Waals surface area contributed by atoms with Gasteiger partial charge in [0.05, 0.1) is 11.7 Å². The van der Waals surface area contributed by atoms with Gasteiger partial charge in [-0.25, -0.2) is 0 Å². The molecular formula is C41H31N3S. The summed E-state index contributed by atoms with van der Waals surface area (Å²) >= 11 is 1.91. The molecule has 2 aliphatic heterocycles. The first-order valence-corrected chi connectivity index (χ1v) is 16.4. The van der Waals surface area contributed by atoms with Crippen molar-refractivity contribution >= 4 is 55.5 Å². The van der Waals surface area contributed by atoms with Gasteiger partial charge >= 0.3 is 0 Å². The second-order valence-corrected chi connectivity index (χ2v) is 13.1. The molecule has 0 radical (unpaired) electrons. The van der Waals surface area contributed by atoms with Crippen molar-refractivity contribution in [3.8, 4) is 0 Å². The van der Waals surface area contributed by atoms with Crippen LogP contribution in [0.1, 0.15) is 39.8 Å². The van der Waals surface area contributed by atoms with Crippen LogP contribution in [0.3, 0.4) is 0 Å². The molecule has 3 nitrogen and oxygen atoms in total. The number of rotatable bonds is 4. The zero-order valence-corrected chi connectivity index (χ0v) is 25.4. The van der Waals surface area contributed by atoms with Crippen LogP contribution in [0.4, 0.5) is 5.69 Å². The lowest BCUT2D eigenvalue weighted by Gasteiger charge is -2.33. The highest BCUT2D eigenvalue weighted by molar-refractivity contribution is 8.00. The zero-order valence-electron chi connectivity index (χ0n) is 24.6. The quantitative estimate of drug-likeness (QED) is 0.176. The van der Waals surface area contributed by atoms with Crippen LogP contribution in [0.15, 0.2) is 157 Å². The van der Waals surface area contributed by atoms with E-state index in [0.29, 0.717) is 0 Å². The van der Waals surface area contributed by atoms with E-state index in [0.717, 1.165) is 5.70 Å². The minimum atomic E-state index is -0.0389. The Morgan fingerprint density at radius 1 is 0.511 bits per heavy atom. The Labute approximate surface area is 267 Å². The van der Waals surface area contributed by atoms with Crippen LogP contribution in [0, 0.1) is 0 Å². The molecule has 0 saturated heterocycles. The first-order chi connectivity index (χ1) is 22.3. The Hall–Kier alpha value is -5.03. The third-order valence-corrected chi connectivity index (χ3v) is 10.4. The van der Waals surface area contributed by atoms with E-state index in [1.54, 1.807) is 0 Å². The number of thioether (sulfide) groups is 1. The Bertz CT molecular complexity index is 2240.